The van der Waals surface area contributed by atoms with Crippen LogP contribution in [0.1, 0.15) is 33.6 Å². The minimum Gasteiger partial charge on any atom is -0.465 e. The summed E-state index contributed by atoms with van der Waals surface area (Å²) in [4.78, 5) is 24.4. The molecule has 1 aliphatic heterocycles. The lowest BCUT2D eigenvalue weighted by Gasteiger charge is -2.49. The van der Waals surface area contributed by atoms with Crippen LogP contribution < -0.4 is 0 Å². The Morgan fingerprint density at radius 1 is 1.41 bits per heavy atom. The van der Waals surface area contributed by atoms with Gasteiger partial charge in [-0.15, -0.1) is 0 Å². The van der Waals surface area contributed by atoms with Crippen molar-refractivity contribution in [2.75, 3.05) is 13.1 Å². The van der Waals surface area contributed by atoms with Crippen molar-refractivity contribution in [3.05, 3.63) is 11.6 Å². The van der Waals surface area contributed by atoms with Gasteiger partial charge in [0.25, 0.3) is 0 Å². The van der Waals surface area contributed by atoms with E-state index in [0.717, 1.165) is 12.0 Å². The number of hydrogen-bond donors (Lipinski definition) is 1. The van der Waals surface area contributed by atoms with E-state index in [-0.39, 0.29) is 11.2 Å². The van der Waals surface area contributed by atoms with Crippen molar-refractivity contribution in [1.29, 1.82) is 0 Å². The maximum atomic E-state index is 12.0. The molecule has 4 nitrogen and oxygen atoms in total. The Labute approximate surface area is 101 Å². The van der Waals surface area contributed by atoms with Crippen LogP contribution in [0.15, 0.2) is 11.6 Å². The number of nitrogens with zero attached hydrogens (tertiary/aromatic N) is 1. The van der Waals surface area contributed by atoms with Crippen LogP contribution in [-0.2, 0) is 4.79 Å². The van der Waals surface area contributed by atoms with E-state index >= 15 is 0 Å². The summed E-state index contributed by atoms with van der Waals surface area (Å²) in [5.74, 6) is 0.269. The summed E-state index contributed by atoms with van der Waals surface area (Å²) >= 11 is 0. The van der Waals surface area contributed by atoms with Crippen LogP contribution in [0.2, 0.25) is 0 Å². The van der Waals surface area contributed by atoms with Crippen LogP contribution in [0.3, 0.4) is 0 Å². The third-order valence-corrected chi connectivity index (χ3v) is 4.25. The molecule has 0 saturated heterocycles. The minimum atomic E-state index is -0.878. The zero-order chi connectivity index (χ0) is 12.8. The summed E-state index contributed by atoms with van der Waals surface area (Å²) in [5.41, 5.74) is 0.518. The number of carbonyl (C=O) groups excluding carboxylic acids is 1. The molecular formula is C13H19NO3. The van der Waals surface area contributed by atoms with Gasteiger partial charge in [-0.25, -0.2) is 4.79 Å². The highest BCUT2D eigenvalue weighted by Crippen LogP contribution is 2.50. The second-order valence-electron chi connectivity index (χ2n) is 5.89. The molecule has 0 bridgehead atoms. The van der Waals surface area contributed by atoms with E-state index in [4.69, 9.17) is 5.11 Å². The monoisotopic (exact) mass is 237 g/mol. The zero-order valence-electron chi connectivity index (χ0n) is 10.6. The highest BCUT2D eigenvalue weighted by molar-refractivity contribution is 5.89. The van der Waals surface area contributed by atoms with Gasteiger partial charge in [0.15, 0.2) is 0 Å². The molecule has 1 atom stereocenters. The number of carboxylic acid groups (broad SMARTS) is 1. The van der Waals surface area contributed by atoms with Gasteiger partial charge in [-0.05, 0) is 20.3 Å². The van der Waals surface area contributed by atoms with Crippen molar-refractivity contribution < 1.29 is 14.7 Å². The average Bonchev–Trinajstić information content (AvgIpc) is 2.23. The van der Waals surface area contributed by atoms with Crippen LogP contribution in [-0.4, -0.2) is 35.0 Å². The predicted molar refractivity (Wildman–Crippen MR) is 63.8 cm³/mol. The molecule has 0 aromatic rings. The van der Waals surface area contributed by atoms with E-state index in [1.54, 1.807) is 0 Å². The summed E-state index contributed by atoms with van der Waals surface area (Å²) in [6, 6.07) is 0. The minimum absolute atomic E-state index is 0.173. The molecule has 94 valence electrons. The molecule has 0 radical (unpaired) electrons. The fourth-order valence-corrected chi connectivity index (χ4v) is 3.24. The number of hydrogen-bond acceptors (Lipinski definition) is 2. The van der Waals surface area contributed by atoms with Gasteiger partial charge in [0.1, 0.15) is 5.78 Å². The lowest BCUT2D eigenvalue weighted by molar-refractivity contribution is -0.129. The van der Waals surface area contributed by atoms with Gasteiger partial charge >= 0.3 is 6.09 Å². The number of rotatable bonds is 0. The van der Waals surface area contributed by atoms with E-state index in [9.17, 15) is 9.59 Å². The van der Waals surface area contributed by atoms with E-state index < -0.39 is 11.5 Å². The van der Waals surface area contributed by atoms with Gasteiger partial charge in [-0.3, -0.25) is 4.79 Å². The molecule has 0 spiro atoms. The number of carbonyl (C=O) groups is 2. The average molecular weight is 237 g/mol. The van der Waals surface area contributed by atoms with E-state index in [2.05, 4.69) is 6.92 Å². The van der Waals surface area contributed by atoms with Gasteiger partial charge in [-0.1, -0.05) is 18.6 Å². The normalized spacial score (nSPS) is 31.8. The Morgan fingerprint density at radius 2 is 2.06 bits per heavy atom. The molecular weight excluding hydrogens is 218 g/mol. The molecule has 1 fully saturated rings. The van der Waals surface area contributed by atoms with Crippen molar-refractivity contribution in [2.24, 2.45) is 10.8 Å². The van der Waals surface area contributed by atoms with E-state index in [1.807, 2.05) is 19.9 Å². The molecule has 1 saturated carbocycles. The van der Waals surface area contributed by atoms with Crippen molar-refractivity contribution >= 4 is 11.9 Å². The summed E-state index contributed by atoms with van der Waals surface area (Å²) in [6.45, 7) is 6.88. The van der Waals surface area contributed by atoms with Crippen molar-refractivity contribution in [2.45, 2.75) is 33.6 Å². The number of fused-ring (bicyclic) bond motifs is 1. The zero-order valence-corrected chi connectivity index (χ0v) is 10.6. The quantitative estimate of drug-likeness (QED) is 0.658. The smallest absolute Gasteiger partial charge is 0.407 e. The molecule has 1 amide bonds. The number of Topliss-reactive ketones (excluding diaryl/α,β-unsaturated/α-hetero) is 1. The molecule has 0 aromatic heterocycles. The predicted octanol–water partition coefficient (Wildman–Crippen LogP) is 2.30. The molecule has 2 rings (SSSR count). The maximum Gasteiger partial charge on any atom is 0.407 e. The Hall–Kier alpha value is -1.32. The van der Waals surface area contributed by atoms with Gasteiger partial charge in [0.2, 0.25) is 0 Å². The highest BCUT2D eigenvalue weighted by Gasteiger charge is 2.48. The van der Waals surface area contributed by atoms with Gasteiger partial charge in [0, 0.05) is 30.3 Å². The SMILES string of the molecule is CC12CCC(=O)C(C)(C)C1=CCN(C(=O)O)C2. The first kappa shape index (κ1) is 12.1. The van der Waals surface area contributed by atoms with E-state index in [0.29, 0.717) is 19.5 Å². The third kappa shape index (κ3) is 1.75. The standard InChI is InChI=1S/C13H19NO3/c1-12(2)9-5-7-14(11(16)17)8-13(9,3)6-4-10(12)15/h5H,4,6-8H2,1-3H3,(H,16,17). The lowest BCUT2D eigenvalue weighted by Crippen LogP contribution is -2.51. The van der Waals surface area contributed by atoms with Crippen LogP contribution >= 0.6 is 0 Å². The Kier molecular flexibility index (Phi) is 2.56. The molecule has 1 unspecified atom stereocenters. The Balaban J connectivity index is 2.39. The van der Waals surface area contributed by atoms with Gasteiger partial charge in [-0.2, -0.15) is 0 Å². The fourth-order valence-electron chi connectivity index (χ4n) is 3.24. The topological polar surface area (TPSA) is 57.6 Å². The third-order valence-electron chi connectivity index (χ3n) is 4.25. The van der Waals surface area contributed by atoms with Crippen LogP contribution in [0.25, 0.3) is 0 Å². The van der Waals surface area contributed by atoms with Crippen molar-refractivity contribution in [3.8, 4) is 0 Å². The molecule has 1 aliphatic carbocycles. The van der Waals surface area contributed by atoms with Crippen LogP contribution in [0, 0.1) is 10.8 Å². The Morgan fingerprint density at radius 3 is 2.65 bits per heavy atom. The van der Waals surface area contributed by atoms with Gasteiger partial charge < -0.3 is 10.0 Å². The first-order valence-corrected chi connectivity index (χ1v) is 6.00. The lowest BCUT2D eigenvalue weighted by atomic mass is 9.58. The molecule has 4 heteroatoms. The van der Waals surface area contributed by atoms with Crippen LogP contribution in [0.5, 0.6) is 0 Å². The molecule has 2 aliphatic rings. The fraction of sp³-hybridized carbons (Fsp3) is 0.692. The maximum absolute atomic E-state index is 12.0. The van der Waals surface area contributed by atoms with Crippen LogP contribution in [0.4, 0.5) is 4.79 Å². The molecule has 1 N–H and O–H groups in total. The largest absolute Gasteiger partial charge is 0.465 e. The van der Waals surface area contributed by atoms with Crippen molar-refractivity contribution in [1.82, 2.24) is 4.90 Å². The molecule has 17 heavy (non-hydrogen) atoms. The van der Waals surface area contributed by atoms with Crippen molar-refractivity contribution in [3.63, 3.8) is 0 Å². The first-order valence-electron chi connectivity index (χ1n) is 6.00. The summed E-state index contributed by atoms with van der Waals surface area (Å²) in [6.07, 6.45) is 2.37. The van der Waals surface area contributed by atoms with E-state index in [1.165, 1.54) is 4.90 Å². The Bertz CT molecular complexity index is 411. The number of ketones is 1. The summed E-state index contributed by atoms with van der Waals surface area (Å²) in [5, 5.41) is 9.05. The summed E-state index contributed by atoms with van der Waals surface area (Å²) < 4.78 is 0. The number of amides is 1. The molecule has 0 aromatic carbocycles. The molecule has 1 heterocycles. The second-order valence-corrected chi connectivity index (χ2v) is 5.89. The van der Waals surface area contributed by atoms with Gasteiger partial charge in [0.05, 0.1) is 0 Å². The summed E-state index contributed by atoms with van der Waals surface area (Å²) in [7, 11) is 0. The first-order chi connectivity index (χ1) is 7.77. The second kappa shape index (κ2) is 3.59. The highest BCUT2D eigenvalue weighted by atomic mass is 16.4.